The molecule has 1 rings (SSSR count). The zero-order chi connectivity index (χ0) is 13.0. The molecule has 0 aliphatic heterocycles. The molecule has 3 nitrogen and oxygen atoms in total. The van der Waals surface area contributed by atoms with Crippen LogP contribution in [0.5, 0.6) is 0 Å². The van der Waals surface area contributed by atoms with E-state index in [9.17, 15) is 8.78 Å². The van der Waals surface area contributed by atoms with Gasteiger partial charge >= 0.3 is 0 Å². The van der Waals surface area contributed by atoms with E-state index in [1.807, 2.05) is 13.8 Å². The van der Waals surface area contributed by atoms with Crippen LogP contribution >= 0.6 is 0 Å². The van der Waals surface area contributed by atoms with E-state index in [0.717, 1.165) is 0 Å². The van der Waals surface area contributed by atoms with Crippen molar-refractivity contribution in [1.29, 1.82) is 0 Å². The van der Waals surface area contributed by atoms with E-state index in [0.29, 0.717) is 0 Å². The van der Waals surface area contributed by atoms with Gasteiger partial charge in [-0.2, -0.15) is 0 Å². The van der Waals surface area contributed by atoms with Crippen LogP contribution in [0.2, 0.25) is 0 Å². The third-order valence-electron chi connectivity index (χ3n) is 2.72. The summed E-state index contributed by atoms with van der Waals surface area (Å²) in [5, 5.41) is 11.9. The first-order valence-electron chi connectivity index (χ1n) is 5.55. The molecule has 96 valence electrons. The highest BCUT2D eigenvalue weighted by molar-refractivity contribution is 5.48. The zero-order valence-corrected chi connectivity index (χ0v) is 10.0. The van der Waals surface area contributed by atoms with Gasteiger partial charge in [0.05, 0.1) is 18.3 Å². The van der Waals surface area contributed by atoms with Crippen molar-refractivity contribution in [2.45, 2.75) is 26.4 Å². The lowest BCUT2D eigenvalue weighted by molar-refractivity contribution is 0.249. The number of benzene rings is 1. The fourth-order valence-corrected chi connectivity index (χ4v) is 1.48. The van der Waals surface area contributed by atoms with Gasteiger partial charge in [0.2, 0.25) is 0 Å². The molecule has 0 spiro atoms. The molecule has 0 saturated carbocycles. The van der Waals surface area contributed by atoms with Gasteiger partial charge in [-0.25, -0.2) is 8.78 Å². The van der Waals surface area contributed by atoms with Gasteiger partial charge in [-0.1, -0.05) is 19.9 Å². The monoisotopic (exact) mass is 244 g/mol. The summed E-state index contributed by atoms with van der Waals surface area (Å²) in [5.74, 6) is -1.78. The summed E-state index contributed by atoms with van der Waals surface area (Å²) in [6.45, 7) is 3.58. The number of halogens is 2. The molecule has 0 aromatic heterocycles. The molecule has 1 aromatic carbocycles. The highest BCUT2D eigenvalue weighted by atomic mass is 19.2. The summed E-state index contributed by atoms with van der Waals surface area (Å²) < 4.78 is 27.1. The topological polar surface area (TPSA) is 58.3 Å². The molecule has 5 heteroatoms. The van der Waals surface area contributed by atoms with E-state index in [4.69, 9.17) is 10.8 Å². The Morgan fingerprint density at radius 1 is 1.29 bits per heavy atom. The minimum atomic E-state index is -0.952. The molecule has 1 aromatic rings. The molecule has 0 saturated heterocycles. The molecule has 0 aliphatic rings. The first-order valence-corrected chi connectivity index (χ1v) is 5.55. The van der Waals surface area contributed by atoms with Gasteiger partial charge < -0.3 is 16.2 Å². The number of aliphatic hydroxyl groups excluding tert-OH is 1. The molecule has 0 aliphatic carbocycles. The number of anilines is 1. The van der Waals surface area contributed by atoms with Crippen LogP contribution in [0.25, 0.3) is 0 Å². The SMILES string of the molecule is CC(C)C(CO)Nc1ccc(CN)c(F)c1F. The van der Waals surface area contributed by atoms with E-state index in [-0.39, 0.29) is 36.4 Å². The van der Waals surface area contributed by atoms with Crippen LogP contribution in [-0.4, -0.2) is 17.8 Å². The lowest BCUT2D eigenvalue weighted by Crippen LogP contribution is -2.30. The fraction of sp³-hybridized carbons (Fsp3) is 0.500. The Kier molecular flexibility index (Phi) is 4.84. The smallest absolute Gasteiger partial charge is 0.182 e. The van der Waals surface area contributed by atoms with Crippen molar-refractivity contribution >= 4 is 5.69 Å². The number of aliphatic hydroxyl groups is 1. The Morgan fingerprint density at radius 3 is 2.41 bits per heavy atom. The molecule has 0 radical (unpaired) electrons. The maximum Gasteiger partial charge on any atom is 0.182 e. The second-order valence-corrected chi connectivity index (χ2v) is 4.28. The largest absolute Gasteiger partial charge is 0.394 e. The van der Waals surface area contributed by atoms with Crippen molar-refractivity contribution in [3.8, 4) is 0 Å². The number of hydrogen-bond donors (Lipinski definition) is 3. The molecule has 0 amide bonds. The van der Waals surface area contributed by atoms with Crippen LogP contribution in [0.15, 0.2) is 12.1 Å². The van der Waals surface area contributed by atoms with E-state index in [1.165, 1.54) is 12.1 Å². The van der Waals surface area contributed by atoms with Gasteiger partial charge in [-0.05, 0) is 12.0 Å². The van der Waals surface area contributed by atoms with Gasteiger partial charge in [0.15, 0.2) is 11.6 Å². The summed E-state index contributed by atoms with van der Waals surface area (Å²) in [7, 11) is 0. The van der Waals surface area contributed by atoms with Gasteiger partial charge in [0.25, 0.3) is 0 Å². The lowest BCUT2D eigenvalue weighted by Gasteiger charge is -2.21. The second kappa shape index (κ2) is 5.93. The first kappa shape index (κ1) is 13.9. The predicted molar refractivity (Wildman–Crippen MR) is 63.6 cm³/mol. The van der Waals surface area contributed by atoms with Crippen molar-refractivity contribution < 1.29 is 13.9 Å². The molecule has 1 atom stereocenters. The van der Waals surface area contributed by atoms with Crippen molar-refractivity contribution in [2.24, 2.45) is 11.7 Å². The average molecular weight is 244 g/mol. The van der Waals surface area contributed by atoms with Crippen LogP contribution in [0.3, 0.4) is 0 Å². The third kappa shape index (κ3) is 3.14. The Hall–Kier alpha value is -1.20. The minimum absolute atomic E-state index is 0.0450. The molecule has 0 fully saturated rings. The van der Waals surface area contributed by atoms with Crippen molar-refractivity contribution in [3.05, 3.63) is 29.3 Å². The number of nitrogens with one attached hydrogen (secondary N) is 1. The third-order valence-corrected chi connectivity index (χ3v) is 2.72. The molecular weight excluding hydrogens is 226 g/mol. The fourth-order valence-electron chi connectivity index (χ4n) is 1.48. The maximum atomic E-state index is 13.6. The van der Waals surface area contributed by atoms with Crippen LogP contribution in [0.4, 0.5) is 14.5 Å². The summed E-state index contributed by atoms with van der Waals surface area (Å²) in [5.41, 5.74) is 5.46. The Bertz CT molecular complexity index is 383. The minimum Gasteiger partial charge on any atom is -0.394 e. The molecule has 0 heterocycles. The average Bonchev–Trinajstić information content (AvgIpc) is 2.30. The highest BCUT2D eigenvalue weighted by Crippen LogP contribution is 2.22. The molecular formula is C12H18F2N2O. The van der Waals surface area contributed by atoms with Crippen LogP contribution < -0.4 is 11.1 Å². The van der Waals surface area contributed by atoms with E-state index in [1.54, 1.807) is 0 Å². The van der Waals surface area contributed by atoms with E-state index < -0.39 is 11.6 Å². The summed E-state index contributed by atoms with van der Waals surface area (Å²) >= 11 is 0. The normalized spacial score (nSPS) is 12.9. The number of hydrogen-bond acceptors (Lipinski definition) is 3. The van der Waals surface area contributed by atoms with Gasteiger partial charge in [-0.3, -0.25) is 0 Å². The van der Waals surface area contributed by atoms with Crippen LogP contribution in [0.1, 0.15) is 19.4 Å². The number of rotatable bonds is 5. The first-order chi connectivity index (χ1) is 8.01. The highest BCUT2D eigenvalue weighted by Gasteiger charge is 2.17. The quantitative estimate of drug-likeness (QED) is 0.741. The lowest BCUT2D eigenvalue weighted by atomic mass is 10.0. The van der Waals surface area contributed by atoms with E-state index in [2.05, 4.69) is 5.32 Å². The summed E-state index contributed by atoms with van der Waals surface area (Å²) in [6, 6.07) is 2.56. The predicted octanol–water partition coefficient (Wildman–Crippen LogP) is 1.85. The van der Waals surface area contributed by atoms with Crippen molar-refractivity contribution in [3.63, 3.8) is 0 Å². The molecule has 1 unspecified atom stereocenters. The molecule has 4 N–H and O–H groups in total. The van der Waals surface area contributed by atoms with Gasteiger partial charge in [-0.15, -0.1) is 0 Å². The Labute approximate surface area is 99.6 Å². The molecule has 17 heavy (non-hydrogen) atoms. The maximum absolute atomic E-state index is 13.6. The standard InChI is InChI=1S/C12H18F2N2O/c1-7(2)10(6-17)16-9-4-3-8(5-15)11(13)12(9)14/h3-4,7,10,16-17H,5-6,15H2,1-2H3. The number of nitrogens with two attached hydrogens (primary N) is 1. The summed E-state index contributed by atoms with van der Waals surface area (Å²) in [6.07, 6.45) is 0. The van der Waals surface area contributed by atoms with Crippen LogP contribution in [0, 0.1) is 17.6 Å². The molecule has 0 bridgehead atoms. The van der Waals surface area contributed by atoms with E-state index >= 15 is 0 Å². The van der Waals surface area contributed by atoms with Crippen molar-refractivity contribution in [1.82, 2.24) is 0 Å². The van der Waals surface area contributed by atoms with Gasteiger partial charge in [0, 0.05) is 12.1 Å². The zero-order valence-electron chi connectivity index (χ0n) is 10.0. The van der Waals surface area contributed by atoms with Gasteiger partial charge in [0.1, 0.15) is 0 Å². The second-order valence-electron chi connectivity index (χ2n) is 4.28. The van der Waals surface area contributed by atoms with Crippen molar-refractivity contribution in [2.75, 3.05) is 11.9 Å². The summed E-state index contributed by atoms with van der Waals surface area (Å²) in [4.78, 5) is 0. The Balaban J connectivity index is 2.96. The van der Waals surface area contributed by atoms with Crippen LogP contribution in [-0.2, 0) is 6.54 Å². The Morgan fingerprint density at radius 2 is 1.94 bits per heavy atom.